The summed E-state index contributed by atoms with van der Waals surface area (Å²) in [6, 6.07) is 38.7. The van der Waals surface area contributed by atoms with Crippen LogP contribution < -0.4 is 9.47 Å². The van der Waals surface area contributed by atoms with Crippen molar-refractivity contribution in [1.82, 2.24) is 0 Å². The lowest BCUT2D eigenvalue weighted by Gasteiger charge is -2.34. The first-order chi connectivity index (χ1) is 18.6. The van der Waals surface area contributed by atoms with Gasteiger partial charge in [0.05, 0.1) is 19.6 Å². The van der Waals surface area contributed by atoms with Gasteiger partial charge in [-0.25, -0.2) is 0 Å². The first-order valence-electron chi connectivity index (χ1n) is 12.5. The van der Waals surface area contributed by atoms with Gasteiger partial charge in [0, 0.05) is 11.1 Å². The summed E-state index contributed by atoms with van der Waals surface area (Å²) in [4.78, 5) is 0. The Balaban J connectivity index is 1.68. The largest absolute Gasteiger partial charge is 0.508 e. The van der Waals surface area contributed by atoms with Crippen molar-refractivity contribution in [3.05, 3.63) is 149 Å². The summed E-state index contributed by atoms with van der Waals surface area (Å²) in [7, 11) is 3.37. The van der Waals surface area contributed by atoms with Crippen molar-refractivity contribution in [3.8, 4) is 40.2 Å². The fraction of sp³-hybridized carbons (Fsp3) is 0.0857. The lowest BCUT2D eigenvalue weighted by atomic mass is 9.66. The molecule has 1 N–H and O–H groups in total. The molecule has 0 heterocycles. The molecule has 0 atom stereocenters. The molecule has 0 fully saturated rings. The van der Waals surface area contributed by atoms with Gasteiger partial charge in [-0.15, -0.1) is 0 Å². The Hall–Kier alpha value is -4.94. The molecule has 0 bridgehead atoms. The van der Waals surface area contributed by atoms with E-state index >= 15 is 0 Å². The number of phenols is 1. The molecule has 3 heteroatoms. The number of hydrogen-bond acceptors (Lipinski definition) is 3. The second kappa shape index (κ2) is 9.50. The van der Waals surface area contributed by atoms with Gasteiger partial charge >= 0.3 is 0 Å². The van der Waals surface area contributed by atoms with Crippen molar-refractivity contribution in [2.75, 3.05) is 14.2 Å². The zero-order chi connectivity index (χ0) is 26.1. The fourth-order valence-corrected chi connectivity index (χ4v) is 5.60. The Bertz CT molecular complexity index is 1620. The van der Waals surface area contributed by atoms with Crippen molar-refractivity contribution in [3.63, 3.8) is 0 Å². The molecule has 0 amide bonds. The summed E-state index contributed by atoms with van der Waals surface area (Å²) in [5.74, 6) is 8.64. The molecule has 0 spiro atoms. The van der Waals surface area contributed by atoms with Crippen LogP contribution in [0, 0.1) is 11.8 Å². The summed E-state index contributed by atoms with van der Waals surface area (Å²) < 4.78 is 11.0. The standard InChI is InChI=1S/C35H26O3/c1-37-29-20-14-26(15-21-29)35(27-16-22-30(38-2)23-17-27)33-9-4-3-7-31(33)32-8-5-6-25(34(32)35)13-10-24-11-18-28(36)19-12-24/h3-9,11-12,14-23,36H,1-2H3. The Morgan fingerprint density at radius 1 is 0.579 bits per heavy atom. The zero-order valence-electron chi connectivity index (χ0n) is 21.2. The van der Waals surface area contributed by atoms with Crippen LogP contribution in [0.1, 0.15) is 33.4 Å². The number of hydrogen-bond donors (Lipinski definition) is 1. The summed E-state index contributed by atoms with van der Waals surface area (Å²) >= 11 is 0. The van der Waals surface area contributed by atoms with E-state index in [-0.39, 0.29) is 5.75 Å². The Kier molecular flexibility index (Phi) is 5.86. The molecule has 5 aromatic carbocycles. The number of rotatable bonds is 4. The molecular weight excluding hydrogens is 468 g/mol. The van der Waals surface area contributed by atoms with Crippen LogP contribution in [0.15, 0.2) is 115 Å². The van der Waals surface area contributed by atoms with Crippen LogP contribution in [0.25, 0.3) is 11.1 Å². The van der Waals surface area contributed by atoms with Crippen molar-refractivity contribution in [1.29, 1.82) is 0 Å². The molecule has 0 saturated carbocycles. The normalized spacial score (nSPS) is 12.6. The Labute approximate surface area is 222 Å². The minimum atomic E-state index is -0.593. The second-order valence-corrected chi connectivity index (χ2v) is 9.28. The molecule has 38 heavy (non-hydrogen) atoms. The van der Waals surface area contributed by atoms with E-state index in [2.05, 4.69) is 78.6 Å². The maximum absolute atomic E-state index is 9.70. The summed E-state index contributed by atoms with van der Waals surface area (Å²) in [5, 5.41) is 9.70. The summed E-state index contributed by atoms with van der Waals surface area (Å²) in [6.07, 6.45) is 0. The molecule has 0 aromatic heterocycles. The van der Waals surface area contributed by atoms with Crippen molar-refractivity contribution >= 4 is 0 Å². The van der Waals surface area contributed by atoms with E-state index in [4.69, 9.17) is 9.47 Å². The molecule has 5 aromatic rings. The molecule has 6 rings (SSSR count). The topological polar surface area (TPSA) is 38.7 Å². The molecule has 1 aliphatic carbocycles. The average Bonchev–Trinajstić information content (AvgIpc) is 3.29. The van der Waals surface area contributed by atoms with E-state index in [0.29, 0.717) is 0 Å². The van der Waals surface area contributed by atoms with Crippen molar-refractivity contribution in [2.45, 2.75) is 5.41 Å². The lowest BCUT2D eigenvalue weighted by Crippen LogP contribution is -2.29. The van der Waals surface area contributed by atoms with Gasteiger partial charge < -0.3 is 14.6 Å². The number of aromatic hydroxyl groups is 1. The van der Waals surface area contributed by atoms with Crippen LogP contribution in [-0.4, -0.2) is 19.3 Å². The highest BCUT2D eigenvalue weighted by atomic mass is 16.5. The van der Waals surface area contributed by atoms with Crippen molar-refractivity contribution in [2.24, 2.45) is 0 Å². The third kappa shape index (κ3) is 3.70. The van der Waals surface area contributed by atoms with Crippen LogP contribution in [0.5, 0.6) is 17.2 Å². The predicted octanol–water partition coefficient (Wildman–Crippen LogP) is 7.17. The SMILES string of the molecule is COc1ccc(C2(c3ccc(OC)cc3)c3ccccc3-c3cccc(C#Cc4ccc(O)cc4)c32)cc1. The van der Waals surface area contributed by atoms with Gasteiger partial charge in [-0.05, 0) is 88.0 Å². The quantitative estimate of drug-likeness (QED) is 0.264. The first-order valence-corrected chi connectivity index (χ1v) is 12.5. The van der Waals surface area contributed by atoms with Crippen LogP contribution in [0.3, 0.4) is 0 Å². The third-order valence-corrected chi connectivity index (χ3v) is 7.32. The average molecular weight is 495 g/mol. The Morgan fingerprint density at radius 2 is 1.16 bits per heavy atom. The molecule has 0 saturated heterocycles. The molecular formula is C35H26O3. The number of ether oxygens (including phenoxy) is 2. The van der Waals surface area contributed by atoms with Crippen LogP contribution in [0.2, 0.25) is 0 Å². The maximum Gasteiger partial charge on any atom is 0.118 e. The maximum atomic E-state index is 9.70. The van der Waals surface area contributed by atoms with Gasteiger partial charge in [-0.1, -0.05) is 72.5 Å². The van der Waals surface area contributed by atoms with E-state index in [9.17, 15) is 5.11 Å². The summed E-state index contributed by atoms with van der Waals surface area (Å²) in [6.45, 7) is 0. The van der Waals surface area contributed by atoms with Gasteiger partial charge in [0.25, 0.3) is 0 Å². The molecule has 0 unspecified atom stereocenters. The monoisotopic (exact) mass is 494 g/mol. The smallest absolute Gasteiger partial charge is 0.118 e. The van der Waals surface area contributed by atoms with Gasteiger partial charge in [-0.2, -0.15) is 0 Å². The molecule has 3 nitrogen and oxygen atoms in total. The highest BCUT2D eigenvalue weighted by Crippen LogP contribution is 2.57. The highest BCUT2D eigenvalue weighted by molar-refractivity contribution is 5.88. The number of fused-ring (bicyclic) bond motifs is 3. The summed E-state index contributed by atoms with van der Waals surface area (Å²) in [5.41, 5.74) is 8.21. The fourth-order valence-electron chi connectivity index (χ4n) is 5.60. The van der Waals surface area contributed by atoms with E-state index in [1.165, 1.54) is 16.7 Å². The number of phenolic OH excluding ortho intramolecular Hbond substituents is 1. The predicted molar refractivity (Wildman–Crippen MR) is 151 cm³/mol. The molecule has 184 valence electrons. The van der Waals surface area contributed by atoms with Gasteiger partial charge in [0.2, 0.25) is 0 Å². The van der Waals surface area contributed by atoms with Crippen LogP contribution in [-0.2, 0) is 5.41 Å². The lowest BCUT2D eigenvalue weighted by molar-refractivity contribution is 0.414. The molecule has 0 aliphatic heterocycles. The third-order valence-electron chi connectivity index (χ3n) is 7.32. The molecule has 1 aliphatic rings. The zero-order valence-corrected chi connectivity index (χ0v) is 21.2. The number of benzene rings is 5. The van der Waals surface area contributed by atoms with Gasteiger partial charge in [-0.3, -0.25) is 0 Å². The Morgan fingerprint density at radius 3 is 1.76 bits per heavy atom. The van der Waals surface area contributed by atoms with E-state index in [1.54, 1.807) is 26.4 Å². The van der Waals surface area contributed by atoms with Gasteiger partial charge in [0.15, 0.2) is 0 Å². The van der Waals surface area contributed by atoms with Crippen molar-refractivity contribution < 1.29 is 14.6 Å². The minimum absolute atomic E-state index is 0.227. The number of methoxy groups -OCH3 is 2. The molecule has 0 radical (unpaired) electrons. The van der Waals surface area contributed by atoms with E-state index in [0.717, 1.165) is 39.3 Å². The van der Waals surface area contributed by atoms with Gasteiger partial charge in [0.1, 0.15) is 17.2 Å². The highest BCUT2D eigenvalue weighted by Gasteiger charge is 2.47. The van der Waals surface area contributed by atoms with Crippen LogP contribution >= 0.6 is 0 Å². The first kappa shape index (κ1) is 23.5. The van der Waals surface area contributed by atoms with E-state index < -0.39 is 5.41 Å². The minimum Gasteiger partial charge on any atom is -0.508 e. The van der Waals surface area contributed by atoms with Crippen LogP contribution in [0.4, 0.5) is 0 Å². The van der Waals surface area contributed by atoms with E-state index in [1.807, 2.05) is 36.4 Å². The second-order valence-electron chi connectivity index (χ2n) is 9.28.